The lowest BCUT2D eigenvalue weighted by Gasteiger charge is -2.34. The van der Waals surface area contributed by atoms with E-state index in [0.29, 0.717) is 38.4 Å². The molecule has 0 spiro atoms. The SMILES string of the molecule is O=C(NCC1CCCO1)N1CCN(C(=O)c2nsc3ccccc23)CC1. The van der Waals surface area contributed by atoms with Gasteiger partial charge in [0, 0.05) is 44.7 Å². The van der Waals surface area contributed by atoms with Crippen molar-refractivity contribution in [3.8, 4) is 0 Å². The van der Waals surface area contributed by atoms with Gasteiger partial charge >= 0.3 is 6.03 Å². The number of ether oxygens (including phenoxy) is 1. The Bertz CT molecular complexity index is 795. The van der Waals surface area contributed by atoms with Crippen LogP contribution in [0.1, 0.15) is 23.3 Å². The molecule has 4 rings (SSSR count). The van der Waals surface area contributed by atoms with Crippen LogP contribution in [0.4, 0.5) is 4.79 Å². The number of aromatic nitrogens is 1. The van der Waals surface area contributed by atoms with E-state index in [1.54, 1.807) is 9.80 Å². The number of benzene rings is 1. The predicted octanol–water partition coefficient (Wildman–Crippen LogP) is 1.94. The standard InChI is InChI=1S/C18H22N4O3S/c23-17(16-14-5-1-2-6-15(14)26-20-16)21-7-9-22(10-8-21)18(24)19-12-13-4-3-11-25-13/h1-2,5-6,13H,3-4,7-12H2,(H,19,24). The summed E-state index contributed by atoms with van der Waals surface area (Å²) in [4.78, 5) is 28.6. The summed E-state index contributed by atoms with van der Waals surface area (Å²) < 4.78 is 10.9. The largest absolute Gasteiger partial charge is 0.376 e. The molecule has 8 heteroatoms. The molecule has 3 heterocycles. The zero-order valence-corrected chi connectivity index (χ0v) is 15.3. The Morgan fingerprint density at radius 3 is 2.73 bits per heavy atom. The molecule has 3 amide bonds. The van der Waals surface area contributed by atoms with E-state index < -0.39 is 0 Å². The molecule has 1 unspecified atom stereocenters. The number of hydrogen-bond donors (Lipinski definition) is 1. The quantitative estimate of drug-likeness (QED) is 0.891. The van der Waals surface area contributed by atoms with Crippen molar-refractivity contribution < 1.29 is 14.3 Å². The molecule has 2 saturated heterocycles. The molecule has 0 saturated carbocycles. The Labute approximate surface area is 156 Å². The minimum Gasteiger partial charge on any atom is -0.376 e. The molecule has 2 aliphatic rings. The fraction of sp³-hybridized carbons (Fsp3) is 0.500. The van der Waals surface area contributed by atoms with Crippen molar-refractivity contribution in [2.75, 3.05) is 39.3 Å². The summed E-state index contributed by atoms with van der Waals surface area (Å²) in [6.07, 6.45) is 2.20. The topological polar surface area (TPSA) is 74.8 Å². The Morgan fingerprint density at radius 1 is 1.19 bits per heavy atom. The molecule has 0 bridgehead atoms. The van der Waals surface area contributed by atoms with E-state index in [0.717, 1.165) is 29.5 Å². The predicted molar refractivity (Wildman–Crippen MR) is 99.5 cm³/mol. The number of piperazine rings is 1. The number of carbonyl (C=O) groups excluding carboxylic acids is 2. The third kappa shape index (κ3) is 3.52. The normalized spacial score (nSPS) is 20.5. The smallest absolute Gasteiger partial charge is 0.317 e. The van der Waals surface area contributed by atoms with E-state index in [2.05, 4.69) is 9.69 Å². The molecule has 1 aromatic heterocycles. The summed E-state index contributed by atoms with van der Waals surface area (Å²) in [6, 6.07) is 7.69. The highest BCUT2D eigenvalue weighted by atomic mass is 32.1. The van der Waals surface area contributed by atoms with Gasteiger partial charge in [0.25, 0.3) is 5.91 Å². The lowest BCUT2D eigenvalue weighted by Crippen LogP contribution is -2.53. The van der Waals surface area contributed by atoms with Gasteiger partial charge in [0.15, 0.2) is 0 Å². The summed E-state index contributed by atoms with van der Waals surface area (Å²) in [5.74, 6) is -0.0538. The molecular weight excluding hydrogens is 352 g/mol. The van der Waals surface area contributed by atoms with Crippen LogP contribution in [0.25, 0.3) is 10.1 Å². The van der Waals surface area contributed by atoms with Crippen LogP contribution in [-0.2, 0) is 4.74 Å². The zero-order valence-electron chi connectivity index (χ0n) is 14.5. The average molecular weight is 374 g/mol. The van der Waals surface area contributed by atoms with Crippen molar-refractivity contribution in [1.82, 2.24) is 19.5 Å². The Kier molecular flexibility index (Phi) is 5.03. The number of carbonyl (C=O) groups is 2. The highest BCUT2D eigenvalue weighted by molar-refractivity contribution is 7.13. The van der Waals surface area contributed by atoms with E-state index in [1.807, 2.05) is 24.3 Å². The van der Waals surface area contributed by atoms with Gasteiger partial charge in [-0.3, -0.25) is 4.79 Å². The van der Waals surface area contributed by atoms with Crippen molar-refractivity contribution in [3.63, 3.8) is 0 Å². The Balaban J connectivity index is 1.31. The Hall–Kier alpha value is -2.19. The lowest BCUT2D eigenvalue weighted by molar-refractivity contribution is 0.0657. The van der Waals surface area contributed by atoms with E-state index in [-0.39, 0.29) is 18.0 Å². The summed E-state index contributed by atoms with van der Waals surface area (Å²) in [5.41, 5.74) is 0.516. The first kappa shape index (κ1) is 17.2. The van der Waals surface area contributed by atoms with Gasteiger partial charge in [0.05, 0.1) is 10.8 Å². The van der Waals surface area contributed by atoms with E-state index in [1.165, 1.54) is 11.5 Å². The highest BCUT2D eigenvalue weighted by Crippen LogP contribution is 2.23. The summed E-state index contributed by atoms with van der Waals surface area (Å²) in [5, 5.41) is 3.84. The van der Waals surface area contributed by atoms with Gasteiger partial charge in [-0.15, -0.1) is 0 Å². The van der Waals surface area contributed by atoms with Crippen molar-refractivity contribution in [2.24, 2.45) is 0 Å². The van der Waals surface area contributed by atoms with Crippen LogP contribution in [0.15, 0.2) is 24.3 Å². The molecule has 138 valence electrons. The highest BCUT2D eigenvalue weighted by Gasteiger charge is 2.27. The summed E-state index contributed by atoms with van der Waals surface area (Å²) >= 11 is 1.35. The van der Waals surface area contributed by atoms with Crippen molar-refractivity contribution in [2.45, 2.75) is 18.9 Å². The molecule has 2 aliphatic heterocycles. The number of urea groups is 1. The maximum atomic E-state index is 12.8. The minimum absolute atomic E-state index is 0.0538. The van der Waals surface area contributed by atoms with Crippen molar-refractivity contribution in [1.29, 1.82) is 0 Å². The number of hydrogen-bond acceptors (Lipinski definition) is 5. The first-order valence-electron chi connectivity index (χ1n) is 9.00. The van der Waals surface area contributed by atoms with Crippen molar-refractivity contribution in [3.05, 3.63) is 30.0 Å². The summed E-state index contributed by atoms with van der Waals surface area (Å²) in [6.45, 7) is 3.46. The molecule has 1 atom stereocenters. The number of nitrogens with zero attached hydrogens (tertiary/aromatic N) is 3. The van der Waals surface area contributed by atoms with Crippen LogP contribution in [0.5, 0.6) is 0 Å². The average Bonchev–Trinajstić information content (AvgIpc) is 3.35. The van der Waals surface area contributed by atoms with E-state index >= 15 is 0 Å². The third-order valence-corrected chi connectivity index (χ3v) is 5.77. The van der Waals surface area contributed by atoms with Gasteiger partial charge in [-0.1, -0.05) is 18.2 Å². The number of amides is 3. The maximum absolute atomic E-state index is 12.8. The van der Waals surface area contributed by atoms with Crippen LogP contribution in [0, 0.1) is 0 Å². The van der Waals surface area contributed by atoms with E-state index in [4.69, 9.17) is 4.74 Å². The second kappa shape index (κ2) is 7.59. The molecule has 1 aromatic carbocycles. The van der Waals surface area contributed by atoms with Gasteiger partial charge in [-0.05, 0) is 30.4 Å². The van der Waals surface area contributed by atoms with Crippen LogP contribution in [-0.4, -0.2) is 71.5 Å². The maximum Gasteiger partial charge on any atom is 0.317 e. The number of fused-ring (bicyclic) bond motifs is 1. The Morgan fingerprint density at radius 2 is 1.96 bits per heavy atom. The van der Waals surface area contributed by atoms with Crippen LogP contribution in [0.2, 0.25) is 0 Å². The van der Waals surface area contributed by atoms with Crippen molar-refractivity contribution >= 4 is 33.6 Å². The van der Waals surface area contributed by atoms with E-state index in [9.17, 15) is 9.59 Å². The van der Waals surface area contributed by atoms with Gasteiger partial charge < -0.3 is 19.9 Å². The molecule has 2 fully saturated rings. The molecule has 7 nitrogen and oxygen atoms in total. The first-order chi connectivity index (χ1) is 12.7. The second-order valence-electron chi connectivity index (χ2n) is 6.63. The molecule has 0 aliphatic carbocycles. The van der Waals surface area contributed by atoms with Gasteiger partial charge in [-0.25, -0.2) is 4.79 Å². The monoisotopic (exact) mass is 374 g/mol. The zero-order chi connectivity index (χ0) is 17.9. The van der Waals surface area contributed by atoms with Gasteiger partial charge in [-0.2, -0.15) is 4.37 Å². The fourth-order valence-corrected chi connectivity index (χ4v) is 4.19. The minimum atomic E-state index is -0.0771. The van der Waals surface area contributed by atoms with Gasteiger partial charge in [0.2, 0.25) is 0 Å². The van der Waals surface area contributed by atoms with Crippen LogP contribution in [0.3, 0.4) is 0 Å². The molecule has 26 heavy (non-hydrogen) atoms. The fourth-order valence-electron chi connectivity index (χ4n) is 3.42. The molecular formula is C18H22N4O3S. The second-order valence-corrected chi connectivity index (χ2v) is 7.43. The van der Waals surface area contributed by atoms with Crippen LogP contribution < -0.4 is 5.32 Å². The molecule has 0 radical (unpaired) electrons. The number of nitrogens with one attached hydrogen (secondary N) is 1. The lowest BCUT2D eigenvalue weighted by atomic mass is 10.2. The first-order valence-corrected chi connectivity index (χ1v) is 9.78. The van der Waals surface area contributed by atoms with Gasteiger partial charge in [0.1, 0.15) is 5.69 Å². The summed E-state index contributed by atoms with van der Waals surface area (Å²) in [7, 11) is 0. The van der Waals surface area contributed by atoms with Crippen LogP contribution >= 0.6 is 11.5 Å². The number of rotatable bonds is 3. The molecule has 1 N–H and O–H groups in total. The molecule has 2 aromatic rings. The third-order valence-electron chi connectivity index (χ3n) is 4.94.